The van der Waals surface area contributed by atoms with Crippen molar-refractivity contribution in [1.82, 2.24) is 25.2 Å². The molecule has 1 saturated heterocycles. The number of rotatable bonds is 3. The molecule has 8 heteroatoms. The lowest BCUT2D eigenvalue weighted by atomic mass is 10.1. The normalized spacial score (nSPS) is 15.7. The molecule has 0 radical (unpaired) electrons. The van der Waals surface area contributed by atoms with Crippen LogP contribution < -0.4 is 10.2 Å². The van der Waals surface area contributed by atoms with Crippen molar-refractivity contribution in [2.45, 2.75) is 13.8 Å². The van der Waals surface area contributed by atoms with Gasteiger partial charge in [0.05, 0.1) is 0 Å². The molecule has 3 aromatic rings. The molecule has 1 fully saturated rings. The number of aryl methyl sites for hydroxylation is 2. The molecule has 0 saturated carbocycles. The highest BCUT2D eigenvalue weighted by molar-refractivity contribution is 5.77. The van der Waals surface area contributed by atoms with Gasteiger partial charge >= 0.3 is 0 Å². The number of nitrogens with zero attached hydrogens (tertiary/aromatic N) is 6. The minimum atomic E-state index is 0.408. The Morgan fingerprint density at radius 2 is 1.72 bits per heavy atom. The van der Waals surface area contributed by atoms with Crippen LogP contribution in [0.25, 0.3) is 11.3 Å². The molecule has 1 aliphatic rings. The van der Waals surface area contributed by atoms with Crippen LogP contribution in [-0.4, -0.2) is 58.4 Å². The first-order chi connectivity index (χ1) is 12.1. The van der Waals surface area contributed by atoms with Crippen LogP contribution in [0.2, 0.25) is 0 Å². The standard InChI is InChI=1S/C17H21N7O/c1-11-4-5-13(12(2)10-11)18-16-17(24-8-6-23(3)7-9-24)20-15-14(19-16)21-25-22-15/h4-5,10H,6-9H2,1-3H3,(H,18,19,21). The second-order valence-corrected chi connectivity index (χ2v) is 6.54. The molecule has 130 valence electrons. The third kappa shape index (κ3) is 3.12. The average Bonchev–Trinajstić information content (AvgIpc) is 3.05. The van der Waals surface area contributed by atoms with E-state index >= 15 is 0 Å². The number of piperazine rings is 1. The molecule has 0 aliphatic carbocycles. The summed E-state index contributed by atoms with van der Waals surface area (Å²) in [5.41, 5.74) is 4.23. The van der Waals surface area contributed by atoms with E-state index in [9.17, 15) is 0 Å². The Morgan fingerprint density at radius 3 is 2.44 bits per heavy atom. The van der Waals surface area contributed by atoms with Crippen LogP contribution in [0.1, 0.15) is 11.1 Å². The van der Waals surface area contributed by atoms with E-state index in [-0.39, 0.29) is 0 Å². The summed E-state index contributed by atoms with van der Waals surface area (Å²) in [6.45, 7) is 7.92. The zero-order chi connectivity index (χ0) is 17.4. The summed E-state index contributed by atoms with van der Waals surface area (Å²) in [7, 11) is 2.13. The number of likely N-dealkylation sites (N-methyl/N-ethyl adjacent to an activating group) is 1. The Morgan fingerprint density at radius 1 is 1.00 bits per heavy atom. The maximum absolute atomic E-state index is 4.79. The summed E-state index contributed by atoms with van der Waals surface area (Å²) in [4.78, 5) is 13.8. The number of benzene rings is 1. The molecule has 1 N–H and O–H groups in total. The first-order valence-corrected chi connectivity index (χ1v) is 8.38. The zero-order valence-corrected chi connectivity index (χ0v) is 14.7. The molecule has 0 bridgehead atoms. The number of anilines is 3. The fourth-order valence-corrected chi connectivity index (χ4v) is 3.03. The Kier molecular flexibility index (Phi) is 3.96. The molecule has 0 spiro atoms. The van der Waals surface area contributed by atoms with Gasteiger partial charge in [0.15, 0.2) is 11.6 Å². The smallest absolute Gasteiger partial charge is 0.245 e. The van der Waals surface area contributed by atoms with Gasteiger partial charge in [-0.1, -0.05) is 17.7 Å². The maximum atomic E-state index is 4.79. The van der Waals surface area contributed by atoms with E-state index in [0.29, 0.717) is 17.1 Å². The number of fused-ring (bicyclic) bond motifs is 1. The van der Waals surface area contributed by atoms with E-state index < -0.39 is 0 Å². The summed E-state index contributed by atoms with van der Waals surface area (Å²) in [6.07, 6.45) is 0. The maximum Gasteiger partial charge on any atom is 0.245 e. The Labute approximate surface area is 145 Å². The first-order valence-electron chi connectivity index (χ1n) is 8.38. The van der Waals surface area contributed by atoms with Gasteiger partial charge in [-0.2, -0.15) is 0 Å². The Bertz CT molecular complexity index is 899. The molecule has 2 aromatic heterocycles. The number of nitrogens with one attached hydrogen (secondary N) is 1. The van der Waals surface area contributed by atoms with Crippen molar-refractivity contribution < 1.29 is 4.63 Å². The van der Waals surface area contributed by atoms with Gasteiger partial charge in [0.25, 0.3) is 0 Å². The summed E-state index contributed by atoms with van der Waals surface area (Å²) in [5.74, 6) is 1.47. The van der Waals surface area contributed by atoms with Gasteiger partial charge in [-0.15, -0.1) is 0 Å². The molecular formula is C17H21N7O. The van der Waals surface area contributed by atoms with E-state index in [1.54, 1.807) is 0 Å². The molecule has 0 amide bonds. The second-order valence-electron chi connectivity index (χ2n) is 6.54. The van der Waals surface area contributed by atoms with Crippen LogP contribution in [0.4, 0.5) is 17.3 Å². The van der Waals surface area contributed by atoms with Crippen LogP contribution in [-0.2, 0) is 0 Å². The number of aromatic nitrogens is 4. The van der Waals surface area contributed by atoms with Gasteiger partial charge in [0, 0.05) is 31.9 Å². The van der Waals surface area contributed by atoms with E-state index in [1.807, 2.05) is 0 Å². The molecule has 25 heavy (non-hydrogen) atoms. The van der Waals surface area contributed by atoms with Crippen molar-refractivity contribution in [3.05, 3.63) is 29.3 Å². The summed E-state index contributed by atoms with van der Waals surface area (Å²) < 4.78 is 4.79. The molecule has 1 aliphatic heterocycles. The lowest BCUT2D eigenvalue weighted by molar-refractivity contribution is 0.311. The van der Waals surface area contributed by atoms with Crippen LogP contribution >= 0.6 is 0 Å². The van der Waals surface area contributed by atoms with E-state index in [0.717, 1.165) is 43.2 Å². The van der Waals surface area contributed by atoms with Crippen LogP contribution in [0.5, 0.6) is 0 Å². The average molecular weight is 339 g/mol. The van der Waals surface area contributed by atoms with Crippen molar-refractivity contribution in [3.8, 4) is 0 Å². The SMILES string of the molecule is Cc1ccc(Nc2nc3nonc3nc2N2CCN(C)CC2)c(C)c1. The van der Waals surface area contributed by atoms with Gasteiger partial charge in [-0.25, -0.2) is 14.6 Å². The number of hydrogen-bond donors (Lipinski definition) is 1. The highest BCUT2D eigenvalue weighted by Crippen LogP contribution is 2.29. The van der Waals surface area contributed by atoms with Gasteiger partial charge < -0.3 is 15.1 Å². The van der Waals surface area contributed by atoms with Gasteiger partial charge in [-0.05, 0) is 42.8 Å². The van der Waals surface area contributed by atoms with Gasteiger partial charge in [-0.3, -0.25) is 0 Å². The van der Waals surface area contributed by atoms with E-state index in [4.69, 9.17) is 4.63 Å². The predicted octanol–water partition coefficient (Wildman–Crippen LogP) is 2.13. The fraction of sp³-hybridized carbons (Fsp3) is 0.412. The minimum absolute atomic E-state index is 0.408. The molecule has 0 atom stereocenters. The highest BCUT2D eigenvalue weighted by Gasteiger charge is 2.22. The second kappa shape index (κ2) is 6.29. The van der Waals surface area contributed by atoms with Crippen LogP contribution in [0.15, 0.2) is 22.8 Å². The molecule has 4 rings (SSSR count). The first kappa shape index (κ1) is 15.8. The fourth-order valence-electron chi connectivity index (χ4n) is 3.03. The quantitative estimate of drug-likeness (QED) is 0.777. The van der Waals surface area contributed by atoms with E-state index in [2.05, 4.69) is 74.5 Å². The lowest BCUT2D eigenvalue weighted by Gasteiger charge is -2.33. The van der Waals surface area contributed by atoms with Gasteiger partial charge in [0.2, 0.25) is 11.3 Å². The van der Waals surface area contributed by atoms with Crippen LogP contribution in [0, 0.1) is 13.8 Å². The Balaban J connectivity index is 1.74. The largest absolute Gasteiger partial charge is 0.351 e. The lowest BCUT2D eigenvalue weighted by Crippen LogP contribution is -2.45. The predicted molar refractivity (Wildman–Crippen MR) is 96.3 cm³/mol. The monoisotopic (exact) mass is 339 g/mol. The molecular weight excluding hydrogens is 318 g/mol. The number of hydrogen-bond acceptors (Lipinski definition) is 8. The Hall–Kier alpha value is -2.74. The summed E-state index contributed by atoms with van der Waals surface area (Å²) in [5, 5.41) is 11.1. The summed E-state index contributed by atoms with van der Waals surface area (Å²) in [6, 6.07) is 6.28. The molecule has 0 unspecified atom stereocenters. The minimum Gasteiger partial charge on any atom is -0.351 e. The topological polar surface area (TPSA) is 83.2 Å². The van der Waals surface area contributed by atoms with Crippen LogP contribution in [0.3, 0.4) is 0 Å². The van der Waals surface area contributed by atoms with Crippen molar-refractivity contribution in [3.63, 3.8) is 0 Å². The molecule has 3 heterocycles. The van der Waals surface area contributed by atoms with Crippen molar-refractivity contribution >= 4 is 28.6 Å². The van der Waals surface area contributed by atoms with Crippen molar-refractivity contribution in [1.29, 1.82) is 0 Å². The van der Waals surface area contributed by atoms with E-state index in [1.165, 1.54) is 5.56 Å². The van der Waals surface area contributed by atoms with Gasteiger partial charge in [0.1, 0.15) is 0 Å². The zero-order valence-electron chi connectivity index (χ0n) is 14.7. The third-order valence-corrected chi connectivity index (χ3v) is 4.53. The third-order valence-electron chi connectivity index (χ3n) is 4.53. The highest BCUT2D eigenvalue weighted by atomic mass is 16.6. The summed E-state index contributed by atoms with van der Waals surface area (Å²) >= 11 is 0. The van der Waals surface area contributed by atoms with Crippen molar-refractivity contribution in [2.75, 3.05) is 43.4 Å². The van der Waals surface area contributed by atoms with Crippen molar-refractivity contribution in [2.24, 2.45) is 0 Å². The molecule has 1 aromatic carbocycles. The molecule has 8 nitrogen and oxygen atoms in total.